The molecular formula is C29H37FN6O4. The summed E-state index contributed by atoms with van der Waals surface area (Å²) in [6, 6.07) is 3.16. The molecule has 2 saturated carbocycles. The van der Waals surface area contributed by atoms with Gasteiger partial charge in [-0.15, -0.1) is 0 Å². The molecule has 0 radical (unpaired) electrons. The van der Waals surface area contributed by atoms with Crippen LogP contribution in [0, 0.1) is 11.7 Å². The second-order valence-corrected chi connectivity index (χ2v) is 11.9. The third kappa shape index (κ3) is 4.62. The molecule has 4 heterocycles. The van der Waals surface area contributed by atoms with E-state index in [0.717, 1.165) is 57.7 Å². The zero-order chi connectivity index (χ0) is 28.1. The van der Waals surface area contributed by atoms with E-state index in [9.17, 15) is 18.8 Å². The van der Waals surface area contributed by atoms with Crippen molar-refractivity contribution in [1.29, 1.82) is 0 Å². The van der Waals surface area contributed by atoms with Crippen molar-refractivity contribution in [2.24, 2.45) is 5.92 Å². The molecule has 214 valence electrons. The maximum Gasteiger partial charge on any atom is 0.274 e. The van der Waals surface area contributed by atoms with E-state index in [0.29, 0.717) is 31.5 Å². The Morgan fingerprint density at radius 1 is 1.15 bits per heavy atom. The molecule has 0 bridgehead atoms. The third-order valence-corrected chi connectivity index (χ3v) is 9.73. The molecule has 11 heteroatoms. The van der Waals surface area contributed by atoms with Crippen molar-refractivity contribution in [3.05, 3.63) is 29.8 Å². The van der Waals surface area contributed by atoms with Crippen molar-refractivity contribution in [2.45, 2.75) is 88.3 Å². The number of likely N-dealkylation sites (tertiary alicyclic amines) is 2. The second kappa shape index (κ2) is 10.2. The maximum atomic E-state index is 14.4. The topological polar surface area (TPSA) is 121 Å². The number of piperidine rings is 1. The molecule has 2 saturated heterocycles. The summed E-state index contributed by atoms with van der Waals surface area (Å²) in [4.78, 5) is 46.8. The Bertz CT molecular complexity index is 1320. The molecule has 6 rings (SSSR count). The number of hydrogen-bond acceptors (Lipinski definition) is 6. The summed E-state index contributed by atoms with van der Waals surface area (Å²) in [5.41, 5.74) is 0.494. The van der Waals surface area contributed by atoms with E-state index in [1.807, 2.05) is 11.8 Å². The van der Waals surface area contributed by atoms with Gasteiger partial charge in [-0.2, -0.15) is 5.10 Å². The van der Waals surface area contributed by atoms with Crippen LogP contribution in [0.3, 0.4) is 0 Å². The van der Waals surface area contributed by atoms with Crippen LogP contribution >= 0.6 is 0 Å². The first kappa shape index (κ1) is 26.7. The summed E-state index contributed by atoms with van der Waals surface area (Å²) in [7, 11) is 1.45. The molecular weight excluding hydrogens is 515 g/mol. The van der Waals surface area contributed by atoms with Gasteiger partial charge >= 0.3 is 0 Å². The van der Waals surface area contributed by atoms with Gasteiger partial charge < -0.3 is 19.9 Å². The first-order valence-corrected chi connectivity index (χ1v) is 14.5. The highest BCUT2D eigenvalue weighted by Crippen LogP contribution is 2.51. The molecule has 2 aliphatic carbocycles. The lowest BCUT2D eigenvalue weighted by molar-refractivity contribution is -0.133. The SMILES string of the molecule is CCN1C(=O)CCC12CCC(NC(=O)[C@H]1CCN(C(=O)c3cc(-c4cc(OC)ncc4F)[nH]n3)C3(CC3)C1)CC2. The molecule has 0 aromatic carbocycles. The summed E-state index contributed by atoms with van der Waals surface area (Å²) in [5.74, 6) is -0.266. The summed E-state index contributed by atoms with van der Waals surface area (Å²) in [5, 5.41) is 10.3. The Morgan fingerprint density at radius 2 is 1.93 bits per heavy atom. The van der Waals surface area contributed by atoms with Gasteiger partial charge in [0, 0.05) is 54.2 Å². The van der Waals surface area contributed by atoms with Gasteiger partial charge in [0.1, 0.15) is 0 Å². The third-order valence-electron chi connectivity index (χ3n) is 9.73. The van der Waals surface area contributed by atoms with Crippen LogP contribution in [0.2, 0.25) is 0 Å². The average molecular weight is 553 g/mol. The number of pyridine rings is 1. The van der Waals surface area contributed by atoms with Gasteiger partial charge in [-0.05, 0) is 70.8 Å². The number of methoxy groups -OCH3 is 1. The van der Waals surface area contributed by atoms with Crippen molar-refractivity contribution >= 4 is 17.7 Å². The molecule has 2 aromatic heterocycles. The Balaban J connectivity index is 1.06. The number of rotatable bonds is 6. The minimum atomic E-state index is -0.540. The Hall–Kier alpha value is -3.50. The van der Waals surface area contributed by atoms with E-state index in [2.05, 4.69) is 25.4 Å². The number of nitrogens with zero attached hydrogens (tertiary/aromatic N) is 4. The van der Waals surface area contributed by atoms with Gasteiger partial charge in [-0.1, -0.05) is 0 Å². The van der Waals surface area contributed by atoms with Gasteiger partial charge in [-0.3, -0.25) is 19.5 Å². The average Bonchev–Trinajstić information content (AvgIpc) is 3.41. The van der Waals surface area contributed by atoms with E-state index in [-0.39, 0.29) is 57.9 Å². The highest BCUT2D eigenvalue weighted by atomic mass is 19.1. The van der Waals surface area contributed by atoms with Crippen molar-refractivity contribution in [1.82, 2.24) is 30.3 Å². The van der Waals surface area contributed by atoms with Crippen LogP contribution in [0.15, 0.2) is 18.3 Å². The van der Waals surface area contributed by atoms with Crippen LogP contribution in [-0.2, 0) is 9.59 Å². The molecule has 4 aliphatic rings. The predicted octanol–water partition coefficient (Wildman–Crippen LogP) is 3.44. The van der Waals surface area contributed by atoms with Crippen LogP contribution in [0.5, 0.6) is 5.88 Å². The molecule has 10 nitrogen and oxygen atoms in total. The Labute approximate surface area is 233 Å². The molecule has 2 spiro atoms. The largest absolute Gasteiger partial charge is 0.481 e. The normalized spacial score (nSPS) is 27.3. The smallest absolute Gasteiger partial charge is 0.274 e. The van der Waals surface area contributed by atoms with Crippen LogP contribution in [-0.4, -0.2) is 80.0 Å². The molecule has 2 aromatic rings. The number of carbonyl (C=O) groups excluding carboxylic acids is 3. The lowest BCUT2D eigenvalue weighted by Gasteiger charge is -2.44. The van der Waals surface area contributed by atoms with Crippen LogP contribution in [0.25, 0.3) is 11.3 Å². The minimum Gasteiger partial charge on any atom is -0.481 e. The number of nitrogens with one attached hydrogen (secondary N) is 2. The van der Waals surface area contributed by atoms with E-state index in [1.165, 1.54) is 13.2 Å². The van der Waals surface area contributed by atoms with Crippen LogP contribution in [0.4, 0.5) is 4.39 Å². The fourth-order valence-electron chi connectivity index (χ4n) is 7.32. The number of aromatic amines is 1. The van der Waals surface area contributed by atoms with Crippen molar-refractivity contribution in [3.63, 3.8) is 0 Å². The van der Waals surface area contributed by atoms with E-state index >= 15 is 0 Å². The minimum absolute atomic E-state index is 0.0157. The highest BCUT2D eigenvalue weighted by molar-refractivity contribution is 5.94. The van der Waals surface area contributed by atoms with Gasteiger partial charge in [0.2, 0.25) is 17.7 Å². The first-order chi connectivity index (χ1) is 19.3. The number of amides is 3. The number of H-pyrrole nitrogens is 1. The summed E-state index contributed by atoms with van der Waals surface area (Å²) in [6.45, 7) is 3.29. The molecule has 0 unspecified atom stereocenters. The Morgan fingerprint density at radius 3 is 2.62 bits per heavy atom. The van der Waals surface area contributed by atoms with Crippen LogP contribution in [0.1, 0.15) is 81.6 Å². The van der Waals surface area contributed by atoms with Crippen molar-refractivity contribution < 1.29 is 23.5 Å². The fourth-order valence-corrected chi connectivity index (χ4v) is 7.32. The monoisotopic (exact) mass is 552 g/mol. The predicted molar refractivity (Wildman–Crippen MR) is 144 cm³/mol. The number of aromatic nitrogens is 3. The van der Waals surface area contributed by atoms with E-state index in [4.69, 9.17) is 4.74 Å². The maximum absolute atomic E-state index is 14.4. The van der Waals surface area contributed by atoms with E-state index < -0.39 is 5.82 Å². The molecule has 40 heavy (non-hydrogen) atoms. The lowest BCUT2D eigenvalue weighted by Crippen LogP contribution is -2.54. The molecule has 3 amide bonds. The van der Waals surface area contributed by atoms with Crippen molar-refractivity contribution in [3.8, 4) is 17.1 Å². The lowest BCUT2D eigenvalue weighted by atomic mass is 9.77. The summed E-state index contributed by atoms with van der Waals surface area (Å²) < 4.78 is 19.5. The summed E-state index contributed by atoms with van der Waals surface area (Å²) in [6.07, 6.45) is 9.28. The quantitative estimate of drug-likeness (QED) is 0.567. The number of hydrogen-bond donors (Lipinski definition) is 2. The molecule has 2 aliphatic heterocycles. The van der Waals surface area contributed by atoms with Gasteiger partial charge in [0.05, 0.1) is 19.0 Å². The zero-order valence-electron chi connectivity index (χ0n) is 23.2. The van der Waals surface area contributed by atoms with Gasteiger partial charge in [-0.25, -0.2) is 9.37 Å². The molecule has 2 N–H and O–H groups in total. The van der Waals surface area contributed by atoms with Crippen molar-refractivity contribution in [2.75, 3.05) is 20.2 Å². The zero-order valence-corrected chi connectivity index (χ0v) is 23.2. The number of halogens is 1. The molecule has 1 atom stereocenters. The second-order valence-electron chi connectivity index (χ2n) is 11.9. The van der Waals surface area contributed by atoms with Gasteiger partial charge in [0.25, 0.3) is 5.91 Å². The fraction of sp³-hybridized carbons (Fsp3) is 0.621. The summed E-state index contributed by atoms with van der Waals surface area (Å²) >= 11 is 0. The van der Waals surface area contributed by atoms with Crippen LogP contribution < -0.4 is 10.1 Å². The highest BCUT2D eigenvalue weighted by Gasteiger charge is 2.55. The number of carbonyl (C=O) groups is 3. The van der Waals surface area contributed by atoms with Gasteiger partial charge in [0.15, 0.2) is 11.5 Å². The standard InChI is InChI=1S/C29H37FN6O4/c1-3-35-25(37)6-10-28(35)8-4-19(5-9-28)32-26(38)18-7-13-36(29(16-18)11-12-29)27(39)23-15-22(33-34-23)20-14-24(40-2)31-17-21(20)30/h14-15,17-19H,3-13,16H2,1-2H3,(H,32,38)(H,33,34)/t18-,19?,28?/m0/s1. The number of ether oxygens (including phenoxy) is 1. The van der Waals surface area contributed by atoms with E-state index in [1.54, 1.807) is 6.07 Å². The molecule has 4 fully saturated rings. The first-order valence-electron chi connectivity index (χ1n) is 14.5. The Kier molecular flexibility index (Phi) is 6.78.